The molecule has 0 spiro atoms. The van der Waals surface area contributed by atoms with E-state index in [4.69, 9.17) is 9.16 Å². The Bertz CT molecular complexity index is 325. The summed E-state index contributed by atoms with van der Waals surface area (Å²) in [5.41, 5.74) is 0. The van der Waals surface area contributed by atoms with Crippen LogP contribution in [-0.2, 0) is 9.16 Å². The number of aliphatic hydroxyl groups excluding tert-OH is 1. The molecule has 1 heterocycles. The molecular formula is C18H38O3Si. The first-order chi connectivity index (χ1) is 10.1. The number of ether oxygens (including phenoxy) is 1. The Balaban J connectivity index is 2.59. The Morgan fingerprint density at radius 3 is 2.41 bits per heavy atom. The number of rotatable bonds is 8. The minimum atomic E-state index is -1.72. The second-order valence-electron chi connectivity index (χ2n) is 8.56. The van der Waals surface area contributed by atoms with Crippen molar-refractivity contribution in [1.82, 2.24) is 0 Å². The maximum absolute atomic E-state index is 9.29. The third-order valence-electron chi connectivity index (χ3n) is 5.47. The van der Waals surface area contributed by atoms with Gasteiger partial charge in [0, 0.05) is 18.6 Å². The SMILES string of the molecule is CCC[C@@H](C[C@@H]1CC[C@H]([C@@H](C)CO)O1)O[Si](C)(C)C(C)(C)C. The lowest BCUT2D eigenvalue weighted by Crippen LogP contribution is -2.44. The molecule has 22 heavy (non-hydrogen) atoms. The van der Waals surface area contributed by atoms with Crippen LogP contribution >= 0.6 is 0 Å². The highest BCUT2D eigenvalue weighted by molar-refractivity contribution is 6.74. The molecule has 1 rings (SSSR count). The van der Waals surface area contributed by atoms with Crippen LogP contribution in [0.2, 0.25) is 18.1 Å². The van der Waals surface area contributed by atoms with E-state index in [2.05, 4.69) is 47.7 Å². The Hall–Kier alpha value is 0.0969. The van der Waals surface area contributed by atoms with E-state index in [1.54, 1.807) is 0 Å². The summed E-state index contributed by atoms with van der Waals surface area (Å²) in [6, 6.07) is 0. The van der Waals surface area contributed by atoms with Crippen molar-refractivity contribution in [1.29, 1.82) is 0 Å². The molecule has 0 aromatic heterocycles. The third-order valence-corrected chi connectivity index (χ3v) is 10.0. The molecular weight excluding hydrogens is 292 g/mol. The molecule has 4 heteroatoms. The van der Waals surface area contributed by atoms with Gasteiger partial charge in [-0.15, -0.1) is 0 Å². The van der Waals surface area contributed by atoms with Crippen LogP contribution in [0.1, 0.15) is 66.7 Å². The van der Waals surface area contributed by atoms with Crippen molar-refractivity contribution in [2.75, 3.05) is 6.61 Å². The molecule has 1 aliphatic heterocycles. The zero-order valence-electron chi connectivity index (χ0n) is 15.8. The predicted octanol–water partition coefficient (Wildman–Crippen LogP) is 4.74. The third kappa shape index (κ3) is 5.62. The summed E-state index contributed by atoms with van der Waals surface area (Å²) in [6.45, 7) is 16.1. The van der Waals surface area contributed by atoms with Gasteiger partial charge in [0.25, 0.3) is 0 Å². The van der Waals surface area contributed by atoms with Gasteiger partial charge < -0.3 is 14.3 Å². The van der Waals surface area contributed by atoms with Crippen LogP contribution in [0, 0.1) is 5.92 Å². The van der Waals surface area contributed by atoms with Crippen LogP contribution in [0.25, 0.3) is 0 Å². The van der Waals surface area contributed by atoms with Gasteiger partial charge in [-0.25, -0.2) is 0 Å². The first-order valence-corrected chi connectivity index (χ1v) is 12.0. The lowest BCUT2D eigenvalue weighted by molar-refractivity contribution is -0.0190. The van der Waals surface area contributed by atoms with Crippen molar-refractivity contribution in [3.05, 3.63) is 0 Å². The second-order valence-corrected chi connectivity index (χ2v) is 13.3. The fraction of sp³-hybridized carbons (Fsp3) is 1.00. The molecule has 1 fully saturated rings. The Kier molecular flexibility index (Phi) is 7.57. The normalized spacial score (nSPS) is 26.2. The van der Waals surface area contributed by atoms with E-state index in [-0.39, 0.29) is 23.7 Å². The molecule has 132 valence electrons. The molecule has 0 aromatic carbocycles. The van der Waals surface area contributed by atoms with Crippen molar-refractivity contribution in [2.45, 2.75) is 103 Å². The van der Waals surface area contributed by atoms with Crippen LogP contribution in [0.15, 0.2) is 0 Å². The Labute approximate surface area is 138 Å². The zero-order chi connectivity index (χ0) is 17.0. The zero-order valence-corrected chi connectivity index (χ0v) is 16.8. The molecule has 3 nitrogen and oxygen atoms in total. The van der Waals surface area contributed by atoms with Crippen LogP contribution < -0.4 is 0 Å². The van der Waals surface area contributed by atoms with E-state index in [0.29, 0.717) is 12.2 Å². The number of hydrogen-bond acceptors (Lipinski definition) is 3. The molecule has 1 aliphatic rings. The van der Waals surface area contributed by atoms with E-state index >= 15 is 0 Å². The summed E-state index contributed by atoms with van der Waals surface area (Å²) in [7, 11) is -1.72. The lowest BCUT2D eigenvalue weighted by Gasteiger charge is -2.40. The van der Waals surface area contributed by atoms with Crippen LogP contribution in [0.4, 0.5) is 0 Å². The first-order valence-electron chi connectivity index (χ1n) is 9.04. The summed E-state index contributed by atoms with van der Waals surface area (Å²) in [5.74, 6) is 0.246. The van der Waals surface area contributed by atoms with Crippen LogP contribution in [0.3, 0.4) is 0 Å². The van der Waals surface area contributed by atoms with Gasteiger partial charge in [0.2, 0.25) is 0 Å². The van der Waals surface area contributed by atoms with Crippen molar-refractivity contribution >= 4 is 8.32 Å². The highest BCUT2D eigenvalue weighted by Gasteiger charge is 2.40. The largest absolute Gasteiger partial charge is 0.414 e. The van der Waals surface area contributed by atoms with E-state index in [1.165, 1.54) is 0 Å². The van der Waals surface area contributed by atoms with Gasteiger partial charge >= 0.3 is 0 Å². The van der Waals surface area contributed by atoms with E-state index in [1.807, 2.05) is 0 Å². The van der Waals surface area contributed by atoms with Gasteiger partial charge in [-0.3, -0.25) is 0 Å². The predicted molar refractivity (Wildman–Crippen MR) is 95.7 cm³/mol. The molecule has 1 N–H and O–H groups in total. The van der Waals surface area contributed by atoms with E-state index in [9.17, 15) is 5.11 Å². The molecule has 1 saturated heterocycles. The molecule has 0 unspecified atom stereocenters. The molecule has 0 radical (unpaired) electrons. The summed E-state index contributed by atoms with van der Waals surface area (Å²) in [6.07, 6.45) is 6.32. The maximum atomic E-state index is 9.29. The summed E-state index contributed by atoms with van der Waals surface area (Å²) >= 11 is 0. The summed E-state index contributed by atoms with van der Waals surface area (Å²) in [4.78, 5) is 0. The van der Waals surface area contributed by atoms with Crippen molar-refractivity contribution in [3.8, 4) is 0 Å². The van der Waals surface area contributed by atoms with Crippen LogP contribution in [0.5, 0.6) is 0 Å². The standard InChI is InChI=1S/C18H38O3Si/c1-8-9-16(21-22(6,7)18(3,4)5)12-15-10-11-17(20-15)14(2)13-19/h14-17,19H,8-13H2,1-7H3/t14-,15-,16-,17+/m0/s1. The fourth-order valence-electron chi connectivity index (χ4n) is 2.88. The Morgan fingerprint density at radius 2 is 1.91 bits per heavy atom. The monoisotopic (exact) mass is 330 g/mol. The molecule has 0 aliphatic carbocycles. The van der Waals surface area contributed by atoms with Gasteiger partial charge in [-0.05, 0) is 43.8 Å². The summed E-state index contributed by atoms with van der Waals surface area (Å²) < 4.78 is 12.8. The second kappa shape index (κ2) is 8.27. The summed E-state index contributed by atoms with van der Waals surface area (Å²) in [5, 5.41) is 9.54. The molecule has 0 amide bonds. The van der Waals surface area contributed by atoms with Crippen molar-refractivity contribution in [2.24, 2.45) is 5.92 Å². The van der Waals surface area contributed by atoms with Gasteiger partial charge in [-0.1, -0.05) is 41.0 Å². The smallest absolute Gasteiger partial charge is 0.192 e. The van der Waals surface area contributed by atoms with E-state index in [0.717, 1.165) is 32.1 Å². The van der Waals surface area contributed by atoms with Crippen molar-refractivity contribution in [3.63, 3.8) is 0 Å². The highest BCUT2D eigenvalue weighted by atomic mass is 28.4. The van der Waals surface area contributed by atoms with Gasteiger partial charge in [0.05, 0.1) is 12.2 Å². The van der Waals surface area contributed by atoms with Gasteiger partial charge in [0.15, 0.2) is 8.32 Å². The van der Waals surface area contributed by atoms with Gasteiger partial charge in [0.1, 0.15) is 0 Å². The maximum Gasteiger partial charge on any atom is 0.192 e. The van der Waals surface area contributed by atoms with Gasteiger partial charge in [-0.2, -0.15) is 0 Å². The number of hydrogen-bond donors (Lipinski definition) is 1. The number of aliphatic hydroxyl groups is 1. The highest BCUT2D eigenvalue weighted by Crippen LogP contribution is 2.39. The lowest BCUT2D eigenvalue weighted by atomic mass is 10.0. The Morgan fingerprint density at radius 1 is 1.27 bits per heavy atom. The fourth-order valence-corrected chi connectivity index (χ4v) is 4.28. The average molecular weight is 331 g/mol. The molecule has 4 atom stereocenters. The first kappa shape index (κ1) is 20.1. The van der Waals surface area contributed by atoms with Crippen LogP contribution in [-0.4, -0.2) is 38.3 Å². The molecule has 0 aromatic rings. The van der Waals surface area contributed by atoms with E-state index < -0.39 is 8.32 Å². The minimum absolute atomic E-state index is 0.218. The quantitative estimate of drug-likeness (QED) is 0.653. The molecule has 0 bridgehead atoms. The average Bonchev–Trinajstić information content (AvgIpc) is 2.84. The minimum Gasteiger partial charge on any atom is -0.414 e. The molecule has 0 saturated carbocycles. The van der Waals surface area contributed by atoms with Crippen molar-refractivity contribution < 1.29 is 14.3 Å². The topological polar surface area (TPSA) is 38.7 Å².